The van der Waals surface area contributed by atoms with Gasteiger partial charge in [-0.2, -0.15) is 5.10 Å². The maximum absolute atomic E-state index is 6.05. The van der Waals surface area contributed by atoms with Gasteiger partial charge in [0.15, 0.2) is 0 Å². The summed E-state index contributed by atoms with van der Waals surface area (Å²) < 4.78 is 0. The van der Waals surface area contributed by atoms with E-state index in [-0.39, 0.29) is 6.04 Å². The number of aryl methyl sites for hydroxylation is 1. The van der Waals surface area contributed by atoms with Crippen molar-refractivity contribution in [3.63, 3.8) is 0 Å². The molecule has 1 aliphatic rings. The fraction of sp³-hybridized carbons (Fsp3) is 0.174. The lowest BCUT2D eigenvalue weighted by molar-refractivity contribution is 0.708. The van der Waals surface area contributed by atoms with Gasteiger partial charge >= 0.3 is 0 Å². The molecule has 2 nitrogen and oxygen atoms in total. The summed E-state index contributed by atoms with van der Waals surface area (Å²) in [6.07, 6.45) is 1.93. The lowest BCUT2D eigenvalue weighted by Gasteiger charge is -2.24. The highest BCUT2D eigenvalue weighted by Gasteiger charge is 2.29. The van der Waals surface area contributed by atoms with Crippen molar-refractivity contribution in [3.8, 4) is 0 Å². The molecule has 26 heavy (non-hydrogen) atoms. The molecule has 0 aromatic heterocycles. The van der Waals surface area contributed by atoms with Crippen molar-refractivity contribution < 1.29 is 0 Å². The molecule has 0 amide bonds. The number of hydrogen-bond donors (Lipinski definition) is 0. The average molecular weight is 361 g/mol. The van der Waals surface area contributed by atoms with Crippen LogP contribution in [0, 0.1) is 0 Å². The molecule has 1 unspecified atom stereocenters. The van der Waals surface area contributed by atoms with Gasteiger partial charge in [-0.05, 0) is 47.4 Å². The monoisotopic (exact) mass is 360 g/mol. The summed E-state index contributed by atoms with van der Waals surface area (Å²) >= 11 is 6.05. The van der Waals surface area contributed by atoms with Gasteiger partial charge in [0.1, 0.15) is 0 Å². The number of benzene rings is 3. The van der Waals surface area contributed by atoms with E-state index in [1.165, 1.54) is 11.1 Å². The highest BCUT2D eigenvalue weighted by molar-refractivity contribution is 6.30. The van der Waals surface area contributed by atoms with Crippen LogP contribution in [0.5, 0.6) is 0 Å². The van der Waals surface area contributed by atoms with Gasteiger partial charge in [0.05, 0.1) is 17.4 Å². The molecule has 0 fully saturated rings. The third-order valence-electron chi connectivity index (χ3n) is 4.88. The number of hydrogen-bond acceptors (Lipinski definition) is 2. The van der Waals surface area contributed by atoms with E-state index in [1.54, 1.807) is 0 Å². The van der Waals surface area contributed by atoms with Gasteiger partial charge in [0.25, 0.3) is 0 Å². The second kappa shape index (κ2) is 7.35. The second-order valence-electron chi connectivity index (χ2n) is 6.55. The molecule has 130 valence electrons. The predicted octanol–water partition coefficient (Wildman–Crippen LogP) is 6.26. The second-order valence-corrected chi connectivity index (χ2v) is 6.99. The maximum atomic E-state index is 6.05. The van der Waals surface area contributed by atoms with Gasteiger partial charge in [-0.3, -0.25) is 5.01 Å². The summed E-state index contributed by atoms with van der Waals surface area (Å²) in [6, 6.07) is 27.4. The maximum Gasteiger partial charge on any atom is 0.0831 e. The Kier molecular flexibility index (Phi) is 4.77. The summed E-state index contributed by atoms with van der Waals surface area (Å²) in [5.74, 6) is 0. The van der Waals surface area contributed by atoms with Crippen LogP contribution in [-0.4, -0.2) is 5.71 Å². The zero-order valence-electron chi connectivity index (χ0n) is 14.8. The van der Waals surface area contributed by atoms with Crippen molar-refractivity contribution >= 4 is 23.0 Å². The first-order valence-electron chi connectivity index (χ1n) is 9.01. The van der Waals surface area contributed by atoms with E-state index in [4.69, 9.17) is 16.7 Å². The normalized spacial score (nSPS) is 16.6. The third kappa shape index (κ3) is 3.38. The first-order valence-corrected chi connectivity index (χ1v) is 9.39. The van der Waals surface area contributed by atoms with Gasteiger partial charge in [-0.1, -0.05) is 73.1 Å². The molecule has 0 spiro atoms. The van der Waals surface area contributed by atoms with Crippen molar-refractivity contribution in [2.24, 2.45) is 5.10 Å². The zero-order chi connectivity index (χ0) is 17.9. The Labute approximate surface area is 159 Å². The minimum atomic E-state index is 0.203. The molecule has 4 rings (SSSR count). The van der Waals surface area contributed by atoms with Crippen LogP contribution in [0.1, 0.15) is 36.1 Å². The largest absolute Gasteiger partial charge is 0.257 e. The molecule has 0 N–H and O–H groups in total. The lowest BCUT2D eigenvalue weighted by atomic mass is 9.97. The molecule has 0 aliphatic carbocycles. The SMILES string of the molecule is CCc1ccc(C2CC(c3ccc(Cl)cc3)=NN2c2ccccc2)cc1. The third-order valence-corrected chi connectivity index (χ3v) is 5.13. The summed E-state index contributed by atoms with van der Waals surface area (Å²) in [5, 5.41) is 7.86. The van der Waals surface area contributed by atoms with Crippen molar-refractivity contribution in [3.05, 3.63) is 101 Å². The van der Waals surface area contributed by atoms with Gasteiger partial charge in [-0.25, -0.2) is 0 Å². The smallest absolute Gasteiger partial charge is 0.0831 e. The van der Waals surface area contributed by atoms with E-state index in [0.717, 1.165) is 34.8 Å². The van der Waals surface area contributed by atoms with Crippen LogP contribution in [0.15, 0.2) is 84.0 Å². The number of para-hydroxylation sites is 1. The van der Waals surface area contributed by atoms with E-state index < -0.39 is 0 Å². The highest BCUT2D eigenvalue weighted by atomic mass is 35.5. The van der Waals surface area contributed by atoms with Crippen LogP contribution in [0.2, 0.25) is 5.02 Å². The number of halogens is 1. The van der Waals surface area contributed by atoms with E-state index in [1.807, 2.05) is 30.3 Å². The number of anilines is 1. The topological polar surface area (TPSA) is 15.6 Å². The quantitative estimate of drug-likeness (QED) is 0.536. The zero-order valence-corrected chi connectivity index (χ0v) is 15.5. The first kappa shape index (κ1) is 16.9. The Morgan fingerprint density at radius 1 is 0.923 bits per heavy atom. The molecule has 0 bridgehead atoms. The molecule has 3 aromatic rings. The van der Waals surface area contributed by atoms with Crippen LogP contribution in [0.3, 0.4) is 0 Å². The average Bonchev–Trinajstić information content (AvgIpc) is 3.15. The summed E-state index contributed by atoms with van der Waals surface area (Å²) in [5.41, 5.74) is 5.98. The molecular formula is C23H21ClN2. The van der Waals surface area contributed by atoms with Crippen molar-refractivity contribution in [2.45, 2.75) is 25.8 Å². The minimum Gasteiger partial charge on any atom is -0.257 e. The van der Waals surface area contributed by atoms with Gasteiger partial charge in [-0.15, -0.1) is 0 Å². The van der Waals surface area contributed by atoms with Crippen molar-refractivity contribution in [1.29, 1.82) is 0 Å². The van der Waals surface area contributed by atoms with Crippen molar-refractivity contribution in [1.82, 2.24) is 0 Å². The fourth-order valence-electron chi connectivity index (χ4n) is 3.38. The van der Waals surface area contributed by atoms with Crippen molar-refractivity contribution in [2.75, 3.05) is 5.01 Å². The van der Waals surface area contributed by atoms with E-state index in [9.17, 15) is 0 Å². The predicted molar refractivity (Wildman–Crippen MR) is 110 cm³/mol. The fourth-order valence-corrected chi connectivity index (χ4v) is 3.51. The number of hydrazone groups is 1. The summed E-state index contributed by atoms with van der Waals surface area (Å²) in [6.45, 7) is 2.18. The van der Waals surface area contributed by atoms with Gasteiger partial charge < -0.3 is 0 Å². The van der Waals surface area contributed by atoms with Crippen LogP contribution in [0.25, 0.3) is 0 Å². The summed E-state index contributed by atoms with van der Waals surface area (Å²) in [4.78, 5) is 0. The molecule has 0 saturated heterocycles. The lowest BCUT2D eigenvalue weighted by Crippen LogP contribution is -2.18. The van der Waals surface area contributed by atoms with Crippen LogP contribution < -0.4 is 5.01 Å². The van der Waals surface area contributed by atoms with E-state index in [0.29, 0.717) is 0 Å². The van der Waals surface area contributed by atoms with Crippen LogP contribution >= 0.6 is 11.6 Å². The molecule has 1 aliphatic heterocycles. The van der Waals surface area contributed by atoms with Gasteiger partial charge in [0.2, 0.25) is 0 Å². The van der Waals surface area contributed by atoms with Crippen LogP contribution in [0.4, 0.5) is 5.69 Å². The van der Waals surface area contributed by atoms with E-state index in [2.05, 4.69) is 60.5 Å². The Balaban J connectivity index is 1.71. The molecule has 3 aromatic carbocycles. The Hall–Kier alpha value is -2.58. The minimum absolute atomic E-state index is 0.203. The molecule has 1 heterocycles. The Morgan fingerprint density at radius 3 is 2.27 bits per heavy atom. The molecule has 0 saturated carbocycles. The Morgan fingerprint density at radius 2 is 1.62 bits per heavy atom. The molecular weight excluding hydrogens is 340 g/mol. The molecule has 1 atom stereocenters. The van der Waals surface area contributed by atoms with E-state index >= 15 is 0 Å². The number of nitrogens with zero attached hydrogens (tertiary/aromatic N) is 2. The number of rotatable bonds is 4. The first-order chi connectivity index (χ1) is 12.7. The highest BCUT2D eigenvalue weighted by Crippen LogP contribution is 2.36. The van der Waals surface area contributed by atoms with Gasteiger partial charge in [0, 0.05) is 11.4 Å². The molecule has 3 heteroatoms. The standard InChI is InChI=1S/C23H21ClN2/c1-2-17-8-10-19(11-9-17)23-16-22(18-12-14-20(24)15-13-18)25-26(23)21-6-4-3-5-7-21/h3-15,23H,2,16H2,1H3. The van der Waals surface area contributed by atoms with Crippen LogP contribution in [-0.2, 0) is 6.42 Å². The molecule has 0 radical (unpaired) electrons. The Bertz CT molecular complexity index is 899. The summed E-state index contributed by atoms with van der Waals surface area (Å²) in [7, 11) is 0.